The van der Waals surface area contributed by atoms with Crippen molar-refractivity contribution >= 4 is 17.2 Å². The smallest absolute Gasteiger partial charge is 0.251 e. The van der Waals surface area contributed by atoms with Crippen molar-refractivity contribution in [2.24, 2.45) is 0 Å². The second kappa shape index (κ2) is 8.08. The average molecular weight is 349 g/mol. The lowest BCUT2D eigenvalue weighted by Crippen LogP contribution is -2.22. The third-order valence-electron chi connectivity index (χ3n) is 3.50. The minimum absolute atomic E-state index is 0.177. The van der Waals surface area contributed by atoms with E-state index in [-0.39, 0.29) is 5.91 Å². The fourth-order valence-corrected chi connectivity index (χ4v) is 2.72. The van der Waals surface area contributed by atoms with Crippen molar-refractivity contribution in [3.05, 3.63) is 81.8 Å². The zero-order valence-electron chi connectivity index (χ0n) is 13.3. The summed E-state index contributed by atoms with van der Waals surface area (Å²) in [7, 11) is 0. The first-order valence-electron chi connectivity index (χ1n) is 7.62. The van der Waals surface area contributed by atoms with Gasteiger partial charge in [0.25, 0.3) is 5.91 Å². The number of nitrogens with zero attached hydrogens (tertiary/aromatic N) is 2. The number of thiazole rings is 1. The first kappa shape index (κ1) is 16.7. The Morgan fingerprint density at radius 3 is 2.80 bits per heavy atom. The fraction of sp³-hybridized carbons (Fsp3) is 0.105. The van der Waals surface area contributed by atoms with Gasteiger partial charge < -0.3 is 10.1 Å². The van der Waals surface area contributed by atoms with E-state index in [0.717, 1.165) is 11.3 Å². The lowest BCUT2D eigenvalue weighted by molar-refractivity contribution is 0.0950. The summed E-state index contributed by atoms with van der Waals surface area (Å²) in [5, 5.41) is 13.6. The standard InChI is InChI=1S/C19H15N3O2S/c20-9-14-4-6-15(7-5-14)10-21-19(23)16-2-1-3-18(8-16)24-11-17-12-25-13-22-17/h1-8,12-13H,10-11H2,(H,21,23). The highest BCUT2D eigenvalue weighted by Gasteiger charge is 2.07. The number of benzene rings is 2. The summed E-state index contributed by atoms with van der Waals surface area (Å²) in [6.45, 7) is 0.772. The molecule has 0 aliphatic rings. The van der Waals surface area contributed by atoms with Crippen LogP contribution in [-0.4, -0.2) is 10.9 Å². The Morgan fingerprint density at radius 1 is 1.24 bits per heavy atom. The largest absolute Gasteiger partial charge is 0.487 e. The number of nitrogens with one attached hydrogen (secondary N) is 1. The van der Waals surface area contributed by atoms with E-state index in [9.17, 15) is 4.79 Å². The number of aromatic nitrogens is 1. The van der Waals surface area contributed by atoms with Crippen LogP contribution in [0.3, 0.4) is 0 Å². The molecule has 3 aromatic rings. The Kier molecular flexibility index (Phi) is 5.39. The number of hydrogen-bond acceptors (Lipinski definition) is 5. The second-order valence-corrected chi connectivity index (χ2v) is 6.01. The molecule has 0 fully saturated rings. The van der Waals surface area contributed by atoms with Crippen molar-refractivity contribution in [2.45, 2.75) is 13.2 Å². The van der Waals surface area contributed by atoms with E-state index in [4.69, 9.17) is 10.00 Å². The highest BCUT2D eigenvalue weighted by molar-refractivity contribution is 7.07. The number of carbonyl (C=O) groups excluding carboxylic acids is 1. The summed E-state index contributed by atoms with van der Waals surface area (Å²) >= 11 is 1.52. The molecule has 0 spiro atoms. The van der Waals surface area contributed by atoms with Crippen LogP contribution >= 0.6 is 11.3 Å². The predicted molar refractivity (Wildman–Crippen MR) is 95.2 cm³/mol. The Morgan fingerprint density at radius 2 is 2.08 bits per heavy atom. The molecule has 6 heteroatoms. The second-order valence-electron chi connectivity index (χ2n) is 5.29. The Balaban J connectivity index is 1.57. The van der Waals surface area contributed by atoms with Gasteiger partial charge in [0.1, 0.15) is 12.4 Å². The van der Waals surface area contributed by atoms with Crippen molar-refractivity contribution in [1.82, 2.24) is 10.3 Å². The quantitative estimate of drug-likeness (QED) is 0.739. The van der Waals surface area contributed by atoms with Gasteiger partial charge in [-0.2, -0.15) is 5.26 Å². The molecule has 0 aliphatic heterocycles. The van der Waals surface area contributed by atoms with Crippen LogP contribution < -0.4 is 10.1 Å². The van der Waals surface area contributed by atoms with E-state index < -0.39 is 0 Å². The maximum Gasteiger partial charge on any atom is 0.251 e. The molecule has 1 N–H and O–H groups in total. The van der Waals surface area contributed by atoms with Gasteiger partial charge in [0.15, 0.2) is 0 Å². The number of ether oxygens (including phenoxy) is 1. The first-order chi connectivity index (χ1) is 12.2. The molecule has 0 aliphatic carbocycles. The van der Waals surface area contributed by atoms with E-state index in [1.54, 1.807) is 35.8 Å². The zero-order chi connectivity index (χ0) is 17.5. The molecule has 124 valence electrons. The highest BCUT2D eigenvalue weighted by atomic mass is 32.1. The molecule has 0 saturated heterocycles. The number of nitriles is 1. The minimum Gasteiger partial charge on any atom is -0.487 e. The van der Waals surface area contributed by atoms with Gasteiger partial charge >= 0.3 is 0 Å². The maximum absolute atomic E-state index is 12.3. The third kappa shape index (κ3) is 4.66. The average Bonchev–Trinajstić information content (AvgIpc) is 3.19. The summed E-state index contributed by atoms with van der Waals surface area (Å²) in [5.74, 6) is 0.447. The maximum atomic E-state index is 12.3. The molecule has 2 aromatic carbocycles. The van der Waals surface area contributed by atoms with Gasteiger partial charge in [0.2, 0.25) is 0 Å². The topological polar surface area (TPSA) is 75.0 Å². The number of carbonyl (C=O) groups is 1. The number of amides is 1. The SMILES string of the molecule is N#Cc1ccc(CNC(=O)c2cccc(OCc3cscn3)c2)cc1. The Hall–Kier alpha value is -3.17. The number of rotatable bonds is 6. The molecule has 5 nitrogen and oxygen atoms in total. The van der Waals surface area contributed by atoms with Crippen LogP contribution in [0.1, 0.15) is 27.2 Å². The molecular weight excluding hydrogens is 334 g/mol. The van der Waals surface area contributed by atoms with E-state index in [0.29, 0.717) is 30.0 Å². The van der Waals surface area contributed by atoms with E-state index in [1.165, 1.54) is 11.3 Å². The summed E-state index contributed by atoms with van der Waals surface area (Å²) < 4.78 is 5.66. The summed E-state index contributed by atoms with van der Waals surface area (Å²) in [6.07, 6.45) is 0. The van der Waals surface area contributed by atoms with Crippen molar-refractivity contribution in [2.75, 3.05) is 0 Å². The molecule has 0 unspecified atom stereocenters. The lowest BCUT2D eigenvalue weighted by atomic mass is 10.1. The van der Waals surface area contributed by atoms with E-state index >= 15 is 0 Å². The van der Waals surface area contributed by atoms with Crippen molar-refractivity contribution < 1.29 is 9.53 Å². The normalized spacial score (nSPS) is 10.0. The van der Waals surface area contributed by atoms with E-state index in [1.807, 2.05) is 23.6 Å². The summed E-state index contributed by atoms with van der Waals surface area (Å²) in [5.41, 5.74) is 4.68. The van der Waals surface area contributed by atoms with Crippen molar-refractivity contribution in [3.8, 4) is 11.8 Å². The van der Waals surface area contributed by atoms with Gasteiger partial charge in [-0.1, -0.05) is 18.2 Å². The molecule has 25 heavy (non-hydrogen) atoms. The Labute approximate surface area is 149 Å². The summed E-state index contributed by atoms with van der Waals surface area (Å²) in [6, 6.07) is 16.2. The lowest BCUT2D eigenvalue weighted by Gasteiger charge is -2.08. The van der Waals surface area contributed by atoms with Gasteiger partial charge in [-0.05, 0) is 35.9 Å². The third-order valence-corrected chi connectivity index (χ3v) is 4.14. The fourth-order valence-electron chi connectivity index (χ4n) is 2.17. The highest BCUT2D eigenvalue weighted by Crippen LogP contribution is 2.15. The van der Waals surface area contributed by atoms with Crippen molar-refractivity contribution in [1.29, 1.82) is 5.26 Å². The van der Waals surface area contributed by atoms with Crippen LogP contribution in [0, 0.1) is 11.3 Å². The van der Waals surface area contributed by atoms with Gasteiger partial charge in [-0.15, -0.1) is 11.3 Å². The number of hydrogen-bond donors (Lipinski definition) is 1. The molecule has 0 radical (unpaired) electrons. The Bertz CT molecular complexity index is 884. The molecule has 1 aromatic heterocycles. The van der Waals surface area contributed by atoms with Gasteiger partial charge in [0.05, 0.1) is 22.8 Å². The molecule has 0 bridgehead atoms. The monoisotopic (exact) mass is 349 g/mol. The molecule has 0 saturated carbocycles. The van der Waals surface area contributed by atoms with Crippen LogP contribution in [0.15, 0.2) is 59.4 Å². The molecule has 1 heterocycles. The first-order valence-corrected chi connectivity index (χ1v) is 8.56. The summed E-state index contributed by atoms with van der Waals surface area (Å²) in [4.78, 5) is 16.5. The van der Waals surface area contributed by atoms with Crippen LogP contribution in [0.25, 0.3) is 0 Å². The van der Waals surface area contributed by atoms with Gasteiger partial charge in [-0.3, -0.25) is 4.79 Å². The van der Waals surface area contributed by atoms with Crippen LogP contribution in [0.5, 0.6) is 5.75 Å². The van der Waals surface area contributed by atoms with E-state index in [2.05, 4.69) is 16.4 Å². The minimum atomic E-state index is -0.177. The van der Waals surface area contributed by atoms with Crippen LogP contribution in [0.4, 0.5) is 0 Å². The van der Waals surface area contributed by atoms with Gasteiger partial charge in [-0.25, -0.2) is 4.98 Å². The van der Waals surface area contributed by atoms with Crippen LogP contribution in [-0.2, 0) is 13.2 Å². The molecular formula is C19H15N3O2S. The molecule has 3 rings (SSSR count). The molecule has 0 atom stereocenters. The predicted octanol–water partition coefficient (Wildman–Crippen LogP) is 3.52. The van der Waals surface area contributed by atoms with Crippen molar-refractivity contribution in [3.63, 3.8) is 0 Å². The van der Waals surface area contributed by atoms with Crippen LogP contribution in [0.2, 0.25) is 0 Å². The molecule has 1 amide bonds. The van der Waals surface area contributed by atoms with Gasteiger partial charge in [0, 0.05) is 17.5 Å². The zero-order valence-corrected chi connectivity index (χ0v) is 14.1.